The van der Waals surface area contributed by atoms with E-state index in [-0.39, 0.29) is 5.91 Å². The first-order chi connectivity index (χ1) is 13.2. The Morgan fingerprint density at radius 3 is 2.37 bits per heavy atom. The minimum Gasteiger partial charge on any atom is -0.351 e. The number of carbonyl (C=O) groups is 1. The number of aryl methyl sites for hydroxylation is 1. The average molecular weight is 360 g/mol. The normalized spacial score (nSPS) is 10.4. The molecule has 1 heterocycles. The highest BCUT2D eigenvalue weighted by Crippen LogP contribution is 2.14. The van der Waals surface area contributed by atoms with Gasteiger partial charge in [-0.3, -0.25) is 4.79 Å². The minimum absolute atomic E-state index is 0.219. The summed E-state index contributed by atoms with van der Waals surface area (Å²) in [6, 6.07) is 21.8. The van der Waals surface area contributed by atoms with Crippen LogP contribution in [0, 0.1) is 6.92 Å². The Morgan fingerprint density at radius 2 is 1.70 bits per heavy atom. The molecule has 0 spiro atoms. The molecule has 0 saturated heterocycles. The van der Waals surface area contributed by atoms with E-state index in [1.807, 2.05) is 55.5 Å². The molecule has 5 heteroatoms. The van der Waals surface area contributed by atoms with Crippen molar-refractivity contribution in [2.45, 2.75) is 26.9 Å². The zero-order valence-electron chi connectivity index (χ0n) is 15.7. The van der Waals surface area contributed by atoms with Crippen LogP contribution in [0.15, 0.2) is 66.7 Å². The lowest BCUT2D eigenvalue weighted by molar-refractivity contribution is 0.0945. The second-order valence-electron chi connectivity index (χ2n) is 6.39. The lowest BCUT2D eigenvalue weighted by Gasteiger charge is -2.21. The second-order valence-corrected chi connectivity index (χ2v) is 6.39. The number of nitrogens with one attached hydrogen (secondary N) is 1. The third-order valence-electron chi connectivity index (χ3n) is 4.51. The topological polar surface area (TPSA) is 58.1 Å². The number of carbonyl (C=O) groups excluding carboxylic acids is 1. The van der Waals surface area contributed by atoms with Crippen molar-refractivity contribution in [3.8, 4) is 0 Å². The zero-order valence-corrected chi connectivity index (χ0v) is 15.7. The third-order valence-corrected chi connectivity index (χ3v) is 4.51. The summed E-state index contributed by atoms with van der Waals surface area (Å²) in [7, 11) is 0. The van der Waals surface area contributed by atoms with Crippen molar-refractivity contribution in [3.63, 3.8) is 0 Å². The van der Waals surface area contributed by atoms with Crippen molar-refractivity contribution in [2.24, 2.45) is 0 Å². The number of hydrogen-bond donors (Lipinski definition) is 1. The fourth-order valence-electron chi connectivity index (χ4n) is 2.85. The molecule has 27 heavy (non-hydrogen) atoms. The number of hydrogen-bond acceptors (Lipinski definition) is 4. The van der Waals surface area contributed by atoms with E-state index >= 15 is 0 Å². The van der Waals surface area contributed by atoms with Crippen LogP contribution in [-0.2, 0) is 13.1 Å². The van der Waals surface area contributed by atoms with Crippen LogP contribution < -0.4 is 10.2 Å². The van der Waals surface area contributed by atoms with Gasteiger partial charge in [0.2, 0.25) is 0 Å². The molecule has 0 aliphatic heterocycles. The molecule has 3 rings (SSSR count). The van der Waals surface area contributed by atoms with Crippen LogP contribution >= 0.6 is 0 Å². The molecule has 0 fully saturated rings. The van der Waals surface area contributed by atoms with Gasteiger partial charge in [0.05, 0.1) is 0 Å². The Balaban J connectivity index is 1.63. The van der Waals surface area contributed by atoms with Crippen LogP contribution in [-0.4, -0.2) is 22.6 Å². The maximum Gasteiger partial charge on any atom is 0.272 e. The zero-order chi connectivity index (χ0) is 19.1. The van der Waals surface area contributed by atoms with E-state index in [2.05, 4.69) is 39.5 Å². The molecular weight excluding hydrogens is 336 g/mol. The van der Waals surface area contributed by atoms with Crippen molar-refractivity contribution >= 4 is 11.7 Å². The van der Waals surface area contributed by atoms with Crippen LogP contribution in [0.4, 0.5) is 5.82 Å². The molecule has 0 saturated carbocycles. The summed E-state index contributed by atoms with van der Waals surface area (Å²) in [5.41, 5.74) is 3.78. The number of rotatable bonds is 7. The Labute approximate surface area is 160 Å². The van der Waals surface area contributed by atoms with E-state index in [1.54, 1.807) is 6.07 Å². The van der Waals surface area contributed by atoms with Crippen LogP contribution in [0.2, 0.25) is 0 Å². The quantitative estimate of drug-likeness (QED) is 0.697. The van der Waals surface area contributed by atoms with Gasteiger partial charge in [-0.05, 0) is 42.7 Å². The van der Waals surface area contributed by atoms with Gasteiger partial charge >= 0.3 is 0 Å². The molecule has 138 valence electrons. The highest BCUT2D eigenvalue weighted by atomic mass is 16.1. The maximum atomic E-state index is 12.3. The highest BCUT2D eigenvalue weighted by molar-refractivity contribution is 5.92. The summed E-state index contributed by atoms with van der Waals surface area (Å²) in [5.74, 6) is 0.542. The molecule has 0 aliphatic carbocycles. The van der Waals surface area contributed by atoms with Crippen molar-refractivity contribution in [3.05, 3.63) is 89.1 Å². The van der Waals surface area contributed by atoms with Crippen LogP contribution in [0.3, 0.4) is 0 Å². The van der Waals surface area contributed by atoms with Gasteiger partial charge in [0.1, 0.15) is 0 Å². The molecular formula is C22H24N4O. The molecule has 5 nitrogen and oxygen atoms in total. The molecule has 1 aromatic heterocycles. The fraction of sp³-hybridized carbons (Fsp3) is 0.227. The summed E-state index contributed by atoms with van der Waals surface area (Å²) in [4.78, 5) is 14.5. The molecule has 2 aromatic carbocycles. The summed E-state index contributed by atoms with van der Waals surface area (Å²) in [6.45, 7) is 6.15. The molecule has 1 N–H and O–H groups in total. The van der Waals surface area contributed by atoms with Gasteiger partial charge in [0.25, 0.3) is 5.91 Å². The van der Waals surface area contributed by atoms with Gasteiger partial charge in [-0.1, -0.05) is 54.6 Å². The van der Waals surface area contributed by atoms with Gasteiger partial charge in [0, 0.05) is 19.6 Å². The van der Waals surface area contributed by atoms with Crippen molar-refractivity contribution in [1.29, 1.82) is 0 Å². The van der Waals surface area contributed by atoms with E-state index in [9.17, 15) is 4.79 Å². The number of aromatic nitrogens is 2. The van der Waals surface area contributed by atoms with Crippen molar-refractivity contribution < 1.29 is 4.79 Å². The Bertz CT molecular complexity index is 878. The van der Waals surface area contributed by atoms with E-state index in [0.717, 1.165) is 30.0 Å². The first-order valence-corrected chi connectivity index (χ1v) is 9.12. The molecule has 1 amide bonds. The van der Waals surface area contributed by atoms with Crippen LogP contribution in [0.5, 0.6) is 0 Å². The lowest BCUT2D eigenvalue weighted by Crippen LogP contribution is -2.26. The fourth-order valence-corrected chi connectivity index (χ4v) is 2.85. The first kappa shape index (κ1) is 18.6. The Morgan fingerprint density at radius 1 is 0.963 bits per heavy atom. The van der Waals surface area contributed by atoms with Crippen LogP contribution in [0.1, 0.15) is 34.1 Å². The summed E-state index contributed by atoms with van der Waals surface area (Å²) >= 11 is 0. The SMILES string of the molecule is CCN(Cc1ccccc1)c1ccc(C(=O)NCc2ccccc2C)nn1. The number of benzene rings is 2. The Kier molecular flexibility index (Phi) is 6.15. The molecule has 0 unspecified atom stereocenters. The van der Waals surface area contributed by atoms with Gasteiger partial charge in [-0.15, -0.1) is 10.2 Å². The van der Waals surface area contributed by atoms with Gasteiger partial charge < -0.3 is 10.2 Å². The lowest BCUT2D eigenvalue weighted by atomic mass is 10.1. The smallest absolute Gasteiger partial charge is 0.272 e. The van der Waals surface area contributed by atoms with E-state index in [4.69, 9.17) is 0 Å². The highest BCUT2D eigenvalue weighted by Gasteiger charge is 2.11. The number of amides is 1. The average Bonchev–Trinajstić information content (AvgIpc) is 2.72. The molecule has 0 aliphatic rings. The summed E-state index contributed by atoms with van der Waals surface area (Å²) in [5, 5.41) is 11.3. The van der Waals surface area contributed by atoms with Gasteiger partial charge in [0.15, 0.2) is 11.5 Å². The van der Waals surface area contributed by atoms with E-state index < -0.39 is 0 Å². The number of nitrogens with zero attached hydrogens (tertiary/aromatic N) is 3. The number of anilines is 1. The molecule has 0 atom stereocenters. The minimum atomic E-state index is -0.219. The predicted molar refractivity (Wildman–Crippen MR) is 108 cm³/mol. The molecule has 0 bridgehead atoms. The Hall–Kier alpha value is -3.21. The van der Waals surface area contributed by atoms with Crippen molar-refractivity contribution in [2.75, 3.05) is 11.4 Å². The summed E-state index contributed by atoms with van der Waals surface area (Å²) in [6.07, 6.45) is 0. The standard InChI is InChI=1S/C22H24N4O/c1-3-26(16-18-10-5-4-6-11-18)21-14-13-20(24-25-21)22(27)23-15-19-12-8-7-9-17(19)2/h4-14H,3,15-16H2,1-2H3,(H,23,27). The largest absolute Gasteiger partial charge is 0.351 e. The predicted octanol–water partition coefficient (Wildman–Crippen LogP) is 3.74. The van der Waals surface area contributed by atoms with Crippen molar-refractivity contribution in [1.82, 2.24) is 15.5 Å². The van der Waals surface area contributed by atoms with E-state index in [0.29, 0.717) is 12.2 Å². The monoisotopic (exact) mass is 360 g/mol. The second kappa shape index (κ2) is 8.94. The molecule has 3 aromatic rings. The van der Waals surface area contributed by atoms with E-state index in [1.165, 1.54) is 5.56 Å². The first-order valence-electron chi connectivity index (χ1n) is 9.12. The van der Waals surface area contributed by atoms with Gasteiger partial charge in [-0.2, -0.15) is 0 Å². The molecule has 0 radical (unpaired) electrons. The third kappa shape index (κ3) is 4.91. The van der Waals surface area contributed by atoms with Crippen LogP contribution in [0.25, 0.3) is 0 Å². The van der Waals surface area contributed by atoms with Gasteiger partial charge in [-0.25, -0.2) is 0 Å². The maximum absolute atomic E-state index is 12.3. The summed E-state index contributed by atoms with van der Waals surface area (Å²) < 4.78 is 0.